The van der Waals surface area contributed by atoms with Crippen LogP contribution in [0.3, 0.4) is 0 Å². The van der Waals surface area contributed by atoms with Crippen molar-refractivity contribution in [1.29, 1.82) is 0 Å². The van der Waals surface area contributed by atoms with E-state index in [0.717, 1.165) is 17.9 Å². The van der Waals surface area contributed by atoms with Crippen molar-refractivity contribution in [2.24, 2.45) is 11.8 Å². The molecule has 12 heavy (non-hydrogen) atoms. The molecule has 1 aliphatic carbocycles. The molecule has 0 aromatic rings. The Morgan fingerprint density at radius 3 is 2.58 bits per heavy atom. The molecule has 1 saturated carbocycles. The Balaban J connectivity index is 2.28. The minimum absolute atomic E-state index is 0.798. The quantitative estimate of drug-likeness (QED) is 0.682. The van der Waals surface area contributed by atoms with Crippen LogP contribution in [0.15, 0.2) is 0 Å². The predicted octanol–water partition coefficient (Wildman–Crippen LogP) is 2.81. The summed E-state index contributed by atoms with van der Waals surface area (Å²) in [5, 5.41) is 3.42. The molecule has 1 nitrogen and oxygen atoms in total. The number of unbranched alkanes of at least 4 members (excludes halogenated alkanes) is 1. The average Bonchev–Trinajstić information content (AvgIpc) is 2.43. The van der Waals surface area contributed by atoms with Crippen LogP contribution >= 0.6 is 0 Å². The monoisotopic (exact) mass is 169 g/mol. The maximum absolute atomic E-state index is 3.42. The Morgan fingerprint density at radius 1 is 1.33 bits per heavy atom. The molecule has 0 aliphatic heterocycles. The van der Waals surface area contributed by atoms with Crippen LogP contribution in [0.1, 0.15) is 46.0 Å². The Morgan fingerprint density at radius 2 is 2.08 bits per heavy atom. The number of rotatable bonds is 4. The standard InChI is InChI=1S/C11H23N/c1-4-5-6-10-7-8-11(12-3)9(10)2/h9-12H,4-8H2,1-3H3. The molecule has 1 rings (SSSR count). The fourth-order valence-corrected chi connectivity index (χ4v) is 2.53. The van der Waals surface area contributed by atoms with Crippen LogP contribution in [0.5, 0.6) is 0 Å². The van der Waals surface area contributed by atoms with Gasteiger partial charge in [-0.2, -0.15) is 0 Å². The molecule has 1 aliphatic rings. The summed E-state index contributed by atoms with van der Waals surface area (Å²) < 4.78 is 0. The van der Waals surface area contributed by atoms with Crippen molar-refractivity contribution in [3.8, 4) is 0 Å². The largest absolute Gasteiger partial charge is 0.317 e. The number of nitrogens with one attached hydrogen (secondary N) is 1. The molecule has 0 aromatic heterocycles. The number of hydrogen-bond donors (Lipinski definition) is 1. The Hall–Kier alpha value is -0.0400. The summed E-state index contributed by atoms with van der Waals surface area (Å²) in [7, 11) is 2.10. The first-order valence-corrected chi connectivity index (χ1v) is 5.46. The lowest BCUT2D eigenvalue weighted by atomic mass is 9.91. The molecule has 3 atom stereocenters. The highest BCUT2D eigenvalue weighted by atomic mass is 14.9. The van der Waals surface area contributed by atoms with Gasteiger partial charge in [0.25, 0.3) is 0 Å². The summed E-state index contributed by atoms with van der Waals surface area (Å²) >= 11 is 0. The molecule has 3 unspecified atom stereocenters. The molecular weight excluding hydrogens is 146 g/mol. The molecule has 0 bridgehead atoms. The zero-order valence-electron chi connectivity index (χ0n) is 8.77. The van der Waals surface area contributed by atoms with E-state index in [9.17, 15) is 0 Å². The van der Waals surface area contributed by atoms with Gasteiger partial charge in [0, 0.05) is 6.04 Å². The Bertz CT molecular complexity index is 122. The second kappa shape index (κ2) is 4.86. The van der Waals surface area contributed by atoms with E-state index in [0.29, 0.717) is 0 Å². The second-order valence-electron chi connectivity index (χ2n) is 4.23. The van der Waals surface area contributed by atoms with Gasteiger partial charge in [0.2, 0.25) is 0 Å². The minimum atomic E-state index is 0.798. The first kappa shape index (κ1) is 10.0. The van der Waals surface area contributed by atoms with Crippen LogP contribution < -0.4 is 5.32 Å². The maximum Gasteiger partial charge on any atom is 0.00924 e. The van der Waals surface area contributed by atoms with Gasteiger partial charge in [0.05, 0.1) is 0 Å². The van der Waals surface area contributed by atoms with E-state index < -0.39 is 0 Å². The average molecular weight is 169 g/mol. The fourth-order valence-electron chi connectivity index (χ4n) is 2.53. The van der Waals surface area contributed by atoms with Crippen LogP contribution in [0, 0.1) is 11.8 Å². The summed E-state index contributed by atoms with van der Waals surface area (Å²) in [4.78, 5) is 0. The van der Waals surface area contributed by atoms with Gasteiger partial charge in [-0.25, -0.2) is 0 Å². The highest BCUT2D eigenvalue weighted by Gasteiger charge is 2.30. The van der Waals surface area contributed by atoms with Gasteiger partial charge in [-0.05, 0) is 31.7 Å². The van der Waals surface area contributed by atoms with Gasteiger partial charge in [0.15, 0.2) is 0 Å². The zero-order chi connectivity index (χ0) is 8.97. The summed E-state index contributed by atoms with van der Waals surface area (Å²) in [6.07, 6.45) is 7.08. The van der Waals surface area contributed by atoms with E-state index in [1.54, 1.807) is 0 Å². The summed E-state index contributed by atoms with van der Waals surface area (Å²) in [5.41, 5.74) is 0. The molecule has 0 heterocycles. The molecule has 72 valence electrons. The lowest BCUT2D eigenvalue weighted by Crippen LogP contribution is -2.29. The van der Waals surface area contributed by atoms with Gasteiger partial charge in [-0.1, -0.05) is 33.1 Å². The lowest BCUT2D eigenvalue weighted by Gasteiger charge is -2.19. The molecular formula is C11H23N. The van der Waals surface area contributed by atoms with Gasteiger partial charge >= 0.3 is 0 Å². The maximum atomic E-state index is 3.42. The molecule has 1 heteroatoms. The first-order valence-electron chi connectivity index (χ1n) is 5.46. The highest BCUT2D eigenvalue weighted by molar-refractivity contribution is 4.85. The van der Waals surface area contributed by atoms with Crippen molar-refractivity contribution in [1.82, 2.24) is 5.32 Å². The summed E-state index contributed by atoms with van der Waals surface area (Å²) in [5.74, 6) is 1.91. The van der Waals surface area contributed by atoms with E-state index in [-0.39, 0.29) is 0 Å². The van der Waals surface area contributed by atoms with E-state index in [4.69, 9.17) is 0 Å². The third-order valence-corrected chi connectivity index (χ3v) is 3.53. The first-order chi connectivity index (χ1) is 5.79. The van der Waals surface area contributed by atoms with Crippen LogP contribution in [-0.4, -0.2) is 13.1 Å². The highest BCUT2D eigenvalue weighted by Crippen LogP contribution is 2.34. The fraction of sp³-hybridized carbons (Fsp3) is 1.00. The lowest BCUT2D eigenvalue weighted by molar-refractivity contribution is 0.340. The molecule has 0 saturated heterocycles. The van der Waals surface area contributed by atoms with E-state index in [1.807, 2.05) is 0 Å². The molecule has 0 radical (unpaired) electrons. The van der Waals surface area contributed by atoms with Crippen molar-refractivity contribution in [3.05, 3.63) is 0 Å². The van der Waals surface area contributed by atoms with Gasteiger partial charge in [-0.3, -0.25) is 0 Å². The van der Waals surface area contributed by atoms with E-state index in [1.165, 1.54) is 32.1 Å². The topological polar surface area (TPSA) is 12.0 Å². The van der Waals surface area contributed by atoms with Gasteiger partial charge in [0.1, 0.15) is 0 Å². The van der Waals surface area contributed by atoms with Crippen LogP contribution in [0.4, 0.5) is 0 Å². The zero-order valence-corrected chi connectivity index (χ0v) is 8.77. The number of hydrogen-bond acceptors (Lipinski definition) is 1. The molecule has 1 fully saturated rings. The molecule has 0 aromatic carbocycles. The van der Waals surface area contributed by atoms with Crippen molar-refractivity contribution < 1.29 is 0 Å². The van der Waals surface area contributed by atoms with Crippen molar-refractivity contribution in [2.75, 3.05) is 7.05 Å². The SMILES string of the molecule is CCCCC1CCC(NC)C1C. The Kier molecular flexibility index (Phi) is 4.07. The van der Waals surface area contributed by atoms with Crippen LogP contribution in [0.2, 0.25) is 0 Å². The Labute approximate surface area is 76.9 Å². The van der Waals surface area contributed by atoms with Gasteiger partial charge in [-0.15, -0.1) is 0 Å². The van der Waals surface area contributed by atoms with Gasteiger partial charge < -0.3 is 5.32 Å². The van der Waals surface area contributed by atoms with E-state index >= 15 is 0 Å². The predicted molar refractivity (Wildman–Crippen MR) is 54.3 cm³/mol. The molecule has 0 spiro atoms. The second-order valence-corrected chi connectivity index (χ2v) is 4.23. The third-order valence-electron chi connectivity index (χ3n) is 3.53. The smallest absolute Gasteiger partial charge is 0.00924 e. The van der Waals surface area contributed by atoms with E-state index in [2.05, 4.69) is 26.2 Å². The van der Waals surface area contributed by atoms with Crippen molar-refractivity contribution in [3.63, 3.8) is 0 Å². The van der Waals surface area contributed by atoms with Crippen LogP contribution in [-0.2, 0) is 0 Å². The minimum Gasteiger partial charge on any atom is -0.317 e. The molecule has 1 N–H and O–H groups in total. The van der Waals surface area contributed by atoms with Crippen molar-refractivity contribution >= 4 is 0 Å². The summed E-state index contributed by atoms with van der Waals surface area (Å²) in [6, 6.07) is 0.798. The van der Waals surface area contributed by atoms with Crippen molar-refractivity contribution in [2.45, 2.75) is 52.0 Å². The normalized spacial score (nSPS) is 35.8. The third kappa shape index (κ3) is 2.22. The molecule has 0 amide bonds. The summed E-state index contributed by atoms with van der Waals surface area (Å²) in [6.45, 7) is 4.70. The van der Waals surface area contributed by atoms with Crippen LogP contribution in [0.25, 0.3) is 0 Å².